The van der Waals surface area contributed by atoms with Gasteiger partial charge in [0.1, 0.15) is 10.7 Å². The second-order valence-electron chi connectivity index (χ2n) is 7.15. The van der Waals surface area contributed by atoms with Gasteiger partial charge in [-0.2, -0.15) is 0 Å². The number of fused-ring (bicyclic) bond motifs is 1. The van der Waals surface area contributed by atoms with E-state index in [4.69, 9.17) is 0 Å². The maximum Gasteiger partial charge on any atom is 0.269 e. The number of aromatic amines is 1. The van der Waals surface area contributed by atoms with Crippen LogP contribution in [-0.2, 0) is 6.54 Å². The number of hydrogen-bond acceptors (Lipinski definition) is 6. The van der Waals surface area contributed by atoms with Gasteiger partial charge in [-0.25, -0.2) is 4.98 Å². The largest absolute Gasteiger partial charge is 0.309 e. The molecule has 152 valence electrons. The van der Waals surface area contributed by atoms with Crippen LogP contribution in [0.2, 0.25) is 0 Å². The average molecular weight is 420 g/mol. The monoisotopic (exact) mass is 420 g/mol. The SMILES string of the molecule is CC(c1cccc([N+](=O)[O-])c1)N(C)Cc1nc2sc(-c3ccccc3)cc2c(=O)[nH]1. The summed E-state index contributed by atoms with van der Waals surface area (Å²) in [5.74, 6) is 0.564. The third-order valence-electron chi connectivity index (χ3n) is 5.13. The molecule has 0 bridgehead atoms. The summed E-state index contributed by atoms with van der Waals surface area (Å²) in [5, 5.41) is 11.6. The van der Waals surface area contributed by atoms with Gasteiger partial charge in [0.15, 0.2) is 0 Å². The summed E-state index contributed by atoms with van der Waals surface area (Å²) < 4.78 is 0. The lowest BCUT2D eigenvalue weighted by molar-refractivity contribution is -0.384. The van der Waals surface area contributed by atoms with Crippen LogP contribution in [-0.4, -0.2) is 26.8 Å². The van der Waals surface area contributed by atoms with E-state index in [0.29, 0.717) is 22.6 Å². The Morgan fingerprint density at radius 1 is 1.17 bits per heavy atom. The van der Waals surface area contributed by atoms with E-state index in [1.54, 1.807) is 12.1 Å². The van der Waals surface area contributed by atoms with Gasteiger partial charge in [0.05, 0.1) is 16.9 Å². The van der Waals surface area contributed by atoms with E-state index in [1.165, 1.54) is 17.4 Å². The number of nitro benzene ring substituents is 1. The van der Waals surface area contributed by atoms with E-state index in [-0.39, 0.29) is 17.3 Å². The first kappa shape index (κ1) is 19.9. The first-order chi connectivity index (χ1) is 14.4. The molecule has 8 heteroatoms. The molecule has 1 atom stereocenters. The number of thiophene rings is 1. The summed E-state index contributed by atoms with van der Waals surface area (Å²) in [6.07, 6.45) is 0. The first-order valence-electron chi connectivity index (χ1n) is 9.45. The molecule has 0 fully saturated rings. The Morgan fingerprint density at radius 2 is 1.93 bits per heavy atom. The highest BCUT2D eigenvalue weighted by molar-refractivity contribution is 7.21. The molecule has 7 nitrogen and oxygen atoms in total. The summed E-state index contributed by atoms with van der Waals surface area (Å²) >= 11 is 1.49. The van der Waals surface area contributed by atoms with Crippen LogP contribution in [0, 0.1) is 10.1 Å². The predicted octanol–water partition coefficient (Wildman–Crippen LogP) is 4.75. The quantitative estimate of drug-likeness (QED) is 0.359. The van der Waals surface area contributed by atoms with Crippen LogP contribution in [0.25, 0.3) is 20.7 Å². The molecule has 0 amide bonds. The highest BCUT2D eigenvalue weighted by Crippen LogP contribution is 2.31. The molecule has 1 N–H and O–H groups in total. The van der Waals surface area contributed by atoms with Crippen LogP contribution in [0.5, 0.6) is 0 Å². The van der Waals surface area contributed by atoms with Crippen LogP contribution in [0.15, 0.2) is 65.5 Å². The van der Waals surface area contributed by atoms with Gasteiger partial charge in [0.2, 0.25) is 0 Å². The molecule has 1 unspecified atom stereocenters. The minimum atomic E-state index is -0.399. The third-order valence-corrected chi connectivity index (χ3v) is 6.21. The highest BCUT2D eigenvalue weighted by Gasteiger charge is 2.17. The summed E-state index contributed by atoms with van der Waals surface area (Å²) in [7, 11) is 1.90. The van der Waals surface area contributed by atoms with Gasteiger partial charge in [-0.05, 0) is 31.2 Å². The lowest BCUT2D eigenvalue weighted by Crippen LogP contribution is -2.24. The molecule has 0 saturated heterocycles. The van der Waals surface area contributed by atoms with Gasteiger partial charge < -0.3 is 4.98 Å². The van der Waals surface area contributed by atoms with Gasteiger partial charge in [-0.15, -0.1) is 11.3 Å². The number of nitro groups is 1. The van der Waals surface area contributed by atoms with Gasteiger partial charge >= 0.3 is 0 Å². The van der Waals surface area contributed by atoms with Crippen LogP contribution < -0.4 is 5.56 Å². The Hall–Kier alpha value is -3.36. The van der Waals surface area contributed by atoms with E-state index in [9.17, 15) is 14.9 Å². The van der Waals surface area contributed by atoms with Crippen molar-refractivity contribution in [1.82, 2.24) is 14.9 Å². The molecule has 0 spiro atoms. The number of rotatable bonds is 6. The molecular weight excluding hydrogens is 400 g/mol. The van der Waals surface area contributed by atoms with E-state index in [2.05, 4.69) is 9.97 Å². The summed E-state index contributed by atoms with van der Waals surface area (Å²) in [4.78, 5) is 34.5. The van der Waals surface area contributed by atoms with Crippen molar-refractivity contribution in [3.05, 3.63) is 92.5 Å². The third kappa shape index (κ3) is 4.00. The maximum atomic E-state index is 12.6. The van der Waals surface area contributed by atoms with Crippen molar-refractivity contribution in [2.24, 2.45) is 0 Å². The zero-order valence-corrected chi connectivity index (χ0v) is 17.3. The molecule has 2 aromatic carbocycles. The normalized spacial score (nSPS) is 12.4. The van der Waals surface area contributed by atoms with E-state index in [1.807, 2.05) is 61.3 Å². The van der Waals surface area contributed by atoms with Gasteiger partial charge in [-0.3, -0.25) is 19.8 Å². The Bertz CT molecular complexity index is 1270. The Kier molecular flexibility index (Phi) is 5.43. The Labute approximate surface area is 176 Å². The number of nitrogens with zero attached hydrogens (tertiary/aromatic N) is 3. The number of aromatic nitrogens is 2. The second kappa shape index (κ2) is 8.17. The summed E-state index contributed by atoms with van der Waals surface area (Å²) in [5.41, 5.74) is 1.79. The minimum absolute atomic E-state index is 0.0627. The van der Waals surface area contributed by atoms with Gasteiger partial charge in [0.25, 0.3) is 11.2 Å². The van der Waals surface area contributed by atoms with Crippen LogP contribution >= 0.6 is 11.3 Å². The minimum Gasteiger partial charge on any atom is -0.309 e. The molecule has 0 saturated carbocycles. The van der Waals surface area contributed by atoms with Crippen molar-refractivity contribution in [1.29, 1.82) is 0 Å². The fraction of sp³-hybridized carbons (Fsp3) is 0.182. The van der Waals surface area contributed by atoms with Crippen LogP contribution in [0.4, 0.5) is 5.69 Å². The maximum absolute atomic E-state index is 12.6. The van der Waals surface area contributed by atoms with E-state index >= 15 is 0 Å². The van der Waals surface area contributed by atoms with E-state index < -0.39 is 4.92 Å². The highest BCUT2D eigenvalue weighted by atomic mass is 32.1. The van der Waals surface area contributed by atoms with Crippen molar-refractivity contribution in [2.45, 2.75) is 19.5 Å². The lowest BCUT2D eigenvalue weighted by atomic mass is 10.1. The van der Waals surface area contributed by atoms with Crippen molar-refractivity contribution in [3.8, 4) is 10.4 Å². The zero-order chi connectivity index (χ0) is 21.3. The van der Waals surface area contributed by atoms with Crippen molar-refractivity contribution < 1.29 is 4.92 Å². The molecule has 2 aromatic heterocycles. The van der Waals surface area contributed by atoms with Crippen molar-refractivity contribution in [2.75, 3.05) is 7.05 Å². The fourth-order valence-electron chi connectivity index (χ4n) is 3.32. The van der Waals surface area contributed by atoms with Crippen LogP contribution in [0.3, 0.4) is 0 Å². The molecule has 0 aliphatic carbocycles. The zero-order valence-electron chi connectivity index (χ0n) is 16.5. The van der Waals surface area contributed by atoms with Crippen molar-refractivity contribution in [3.63, 3.8) is 0 Å². The topological polar surface area (TPSA) is 92.1 Å². The second-order valence-corrected chi connectivity index (χ2v) is 8.18. The molecule has 4 aromatic rings. The van der Waals surface area contributed by atoms with Crippen LogP contribution in [0.1, 0.15) is 24.4 Å². The number of H-pyrrole nitrogens is 1. The number of non-ortho nitro benzene ring substituents is 1. The standard InChI is InChI=1S/C22H20N4O3S/c1-14(16-9-6-10-17(11-16)26(28)29)25(2)13-20-23-21(27)18-12-19(30-22(18)24-20)15-7-4-3-5-8-15/h3-12,14H,13H2,1-2H3,(H,23,24,27). The number of benzene rings is 2. The predicted molar refractivity (Wildman–Crippen MR) is 119 cm³/mol. The van der Waals surface area contributed by atoms with Crippen molar-refractivity contribution >= 4 is 27.2 Å². The number of nitrogens with one attached hydrogen (secondary N) is 1. The number of hydrogen-bond donors (Lipinski definition) is 1. The first-order valence-corrected chi connectivity index (χ1v) is 10.3. The molecular formula is C22H20N4O3S. The molecule has 30 heavy (non-hydrogen) atoms. The molecule has 0 aliphatic heterocycles. The average Bonchev–Trinajstić information content (AvgIpc) is 3.18. The molecule has 0 radical (unpaired) electrons. The Balaban J connectivity index is 1.59. The molecule has 0 aliphatic rings. The van der Waals surface area contributed by atoms with E-state index in [0.717, 1.165) is 16.0 Å². The smallest absolute Gasteiger partial charge is 0.269 e. The van der Waals surface area contributed by atoms with Gasteiger partial charge in [0, 0.05) is 23.1 Å². The molecule has 2 heterocycles. The van der Waals surface area contributed by atoms with Gasteiger partial charge in [-0.1, -0.05) is 42.5 Å². The summed E-state index contributed by atoms with van der Waals surface area (Å²) in [6.45, 7) is 2.38. The Morgan fingerprint density at radius 3 is 2.67 bits per heavy atom. The summed E-state index contributed by atoms with van der Waals surface area (Å²) in [6, 6.07) is 18.3. The lowest BCUT2D eigenvalue weighted by Gasteiger charge is -2.24. The fourth-order valence-corrected chi connectivity index (χ4v) is 4.38. The molecule has 4 rings (SSSR count).